The maximum Gasteiger partial charge on any atom is 0.221 e. The number of carbonyl (C=O) groups excluding carboxylic acids is 1. The van der Waals surface area contributed by atoms with Gasteiger partial charge in [0.1, 0.15) is 0 Å². The highest BCUT2D eigenvalue weighted by Gasteiger charge is 2.16. The third-order valence-corrected chi connectivity index (χ3v) is 3.16. The Hall–Kier alpha value is -1.29. The summed E-state index contributed by atoms with van der Waals surface area (Å²) in [4.78, 5) is 17.5. The molecule has 0 spiro atoms. The number of pyridine rings is 1. The average Bonchev–Trinajstić information content (AvgIpc) is 2.47. The van der Waals surface area contributed by atoms with Crippen LogP contribution in [-0.4, -0.2) is 30.5 Å². The van der Waals surface area contributed by atoms with E-state index in [9.17, 15) is 4.79 Å². The summed E-state index contributed by atoms with van der Waals surface area (Å²) in [5, 5.41) is 3.52. The summed E-state index contributed by atoms with van der Waals surface area (Å²) in [7, 11) is 0. The molecule has 0 unspecified atom stereocenters. The Morgan fingerprint density at radius 2 is 2.31 bits per heavy atom. The van der Waals surface area contributed by atoms with E-state index >= 15 is 0 Å². The van der Waals surface area contributed by atoms with Crippen LogP contribution in [0.1, 0.15) is 12.1 Å². The third kappa shape index (κ3) is 2.27. The second-order valence-electron chi connectivity index (χ2n) is 3.82. The van der Waals surface area contributed by atoms with Crippen LogP contribution in [0.5, 0.6) is 0 Å². The minimum absolute atomic E-state index is 0.101. The number of aryl methyl sites for hydroxylation is 1. The van der Waals surface area contributed by atoms with E-state index < -0.39 is 0 Å². The van der Waals surface area contributed by atoms with Crippen molar-refractivity contribution in [3.8, 4) is 0 Å². The van der Waals surface area contributed by atoms with Gasteiger partial charge in [0.25, 0.3) is 0 Å². The topological polar surface area (TPSA) is 45.2 Å². The molecule has 1 fully saturated rings. The fraction of sp³-hybridized carbons (Fsp3) is 0.455. The van der Waals surface area contributed by atoms with Gasteiger partial charge < -0.3 is 10.2 Å². The molecule has 16 heavy (non-hydrogen) atoms. The van der Waals surface area contributed by atoms with Crippen LogP contribution in [0.3, 0.4) is 0 Å². The fourth-order valence-corrected chi connectivity index (χ4v) is 2.02. The van der Waals surface area contributed by atoms with E-state index in [-0.39, 0.29) is 5.91 Å². The van der Waals surface area contributed by atoms with Crippen molar-refractivity contribution in [2.24, 2.45) is 0 Å². The molecular formula is C11H14ClN3O. The van der Waals surface area contributed by atoms with E-state index in [0.29, 0.717) is 24.5 Å². The number of carbonyl (C=O) groups is 1. The van der Waals surface area contributed by atoms with E-state index in [2.05, 4.69) is 15.2 Å². The number of aromatic nitrogens is 1. The van der Waals surface area contributed by atoms with Crippen molar-refractivity contribution in [3.05, 3.63) is 23.0 Å². The first-order chi connectivity index (χ1) is 7.68. The average molecular weight is 240 g/mol. The van der Waals surface area contributed by atoms with Crippen LogP contribution in [0.25, 0.3) is 0 Å². The molecule has 0 aliphatic carbocycles. The minimum Gasteiger partial charge on any atom is -0.368 e. The highest BCUT2D eigenvalue weighted by atomic mass is 35.5. The van der Waals surface area contributed by atoms with Crippen LogP contribution < -0.4 is 10.2 Å². The zero-order valence-electron chi connectivity index (χ0n) is 9.16. The Labute approximate surface area is 99.6 Å². The predicted molar refractivity (Wildman–Crippen MR) is 63.8 cm³/mol. The monoisotopic (exact) mass is 239 g/mol. The Bertz CT molecular complexity index is 408. The number of nitrogens with one attached hydrogen (secondary N) is 1. The lowest BCUT2D eigenvalue weighted by molar-refractivity contribution is -0.120. The maximum absolute atomic E-state index is 11.2. The van der Waals surface area contributed by atoms with Crippen molar-refractivity contribution >= 4 is 23.2 Å². The number of rotatable bonds is 1. The summed E-state index contributed by atoms with van der Waals surface area (Å²) in [5.74, 6) is 0.101. The van der Waals surface area contributed by atoms with Crippen LogP contribution in [0.15, 0.2) is 12.3 Å². The second kappa shape index (κ2) is 4.70. The molecule has 1 amide bonds. The summed E-state index contributed by atoms with van der Waals surface area (Å²) in [6, 6.07) is 1.89. The van der Waals surface area contributed by atoms with Crippen LogP contribution in [-0.2, 0) is 4.79 Å². The van der Waals surface area contributed by atoms with Crippen molar-refractivity contribution in [3.63, 3.8) is 0 Å². The van der Waals surface area contributed by atoms with Gasteiger partial charge in [-0.15, -0.1) is 0 Å². The highest BCUT2D eigenvalue weighted by Crippen LogP contribution is 2.27. The number of nitrogens with zero attached hydrogens (tertiary/aromatic N) is 2. The molecule has 5 heteroatoms. The van der Waals surface area contributed by atoms with Gasteiger partial charge >= 0.3 is 0 Å². The molecule has 0 bridgehead atoms. The molecule has 0 saturated carbocycles. The molecule has 0 atom stereocenters. The summed E-state index contributed by atoms with van der Waals surface area (Å²) in [5.41, 5.74) is 1.79. The summed E-state index contributed by atoms with van der Waals surface area (Å²) < 4.78 is 0. The smallest absolute Gasteiger partial charge is 0.221 e. The number of hydrogen-bond donors (Lipinski definition) is 1. The molecule has 1 aliphatic heterocycles. The van der Waals surface area contributed by atoms with Crippen LogP contribution in [0, 0.1) is 6.92 Å². The summed E-state index contributed by atoms with van der Waals surface area (Å²) >= 11 is 6.21. The lowest BCUT2D eigenvalue weighted by Gasteiger charge is -2.23. The molecule has 1 aromatic heterocycles. The first-order valence-electron chi connectivity index (χ1n) is 5.31. The second-order valence-corrected chi connectivity index (χ2v) is 4.19. The van der Waals surface area contributed by atoms with E-state index in [1.807, 2.05) is 13.0 Å². The van der Waals surface area contributed by atoms with Gasteiger partial charge in [-0.3, -0.25) is 9.78 Å². The van der Waals surface area contributed by atoms with E-state index in [1.165, 1.54) is 0 Å². The minimum atomic E-state index is 0.101. The Morgan fingerprint density at radius 3 is 3.12 bits per heavy atom. The highest BCUT2D eigenvalue weighted by molar-refractivity contribution is 6.33. The quantitative estimate of drug-likeness (QED) is 0.805. The van der Waals surface area contributed by atoms with Gasteiger partial charge in [0.05, 0.1) is 16.4 Å². The van der Waals surface area contributed by atoms with Gasteiger partial charge in [0.2, 0.25) is 5.91 Å². The first kappa shape index (κ1) is 11.2. The SMILES string of the molecule is Cc1nccc(N2CCNC(=O)CC2)c1Cl. The predicted octanol–water partition coefficient (Wildman–Crippen LogP) is 1.37. The molecule has 1 aromatic rings. The van der Waals surface area contributed by atoms with Gasteiger partial charge in [-0.1, -0.05) is 11.6 Å². The van der Waals surface area contributed by atoms with E-state index in [4.69, 9.17) is 11.6 Å². The van der Waals surface area contributed by atoms with Crippen molar-refractivity contribution in [2.75, 3.05) is 24.5 Å². The molecule has 1 N–H and O–H groups in total. The first-order valence-corrected chi connectivity index (χ1v) is 5.69. The lowest BCUT2D eigenvalue weighted by atomic mass is 10.3. The van der Waals surface area contributed by atoms with E-state index in [0.717, 1.165) is 17.9 Å². The molecule has 1 aliphatic rings. The summed E-state index contributed by atoms with van der Waals surface area (Å²) in [6.45, 7) is 4.04. The molecule has 0 radical (unpaired) electrons. The van der Waals surface area contributed by atoms with E-state index in [1.54, 1.807) is 6.20 Å². The van der Waals surface area contributed by atoms with Gasteiger partial charge in [-0.2, -0.15) is 0 Å². The maximum atomic E-state index is 11.2. The van der Waals surface area contributed by atoms with Gasteiger partial charge in [-0.25, -0.2) is 0 Å². The largest absolute Gasteiger partial charge is 0.368 e. The molecule has 2 rings (SSSR count). The Morgan fingerprint density at radius 1 is 1.50 bits per heavy atom. The Kier molecular flexibility index (Phi) is 3.29. The van der Waals surface area contributed by atoms with Gasteiger partial charge in [0, 0.05) is 32.3 Å². The molecule has 0 aromatic carbocycles. The van der Waals surface area contributed by atoms with Gasteiger partial charge in [0.15, 0.2) is 0 Å². The van der Waals surface area contributed by atoms with Gasteiger partial charge in [-0.05, 0) is 13.0 Å². The number of hydrogen-bond acceptors (Lipinski definition) is 3. The van der Waals surface area contributed by atoms with Crippen LogP contribution in [0.2, 0.25) is 5.02 Å². The van der Waals surface area contributed by atoms with Crippen molar-refractivity contribution in [2.45, 2.75) is 13.3 Å². The Balaban J connectivity index is 2.23. The zero-order chi connectivity index (χ0) is 11.5. The third-order valence-electron chi connectivity index (χ3n) is 2.70. The normalized spacial score (nSPS) is 16.9. The molecule has 86 valence electrons. The molecule has 1 saturated heterocycles. The van der Waals surface area contributed by atoms with Crippen molar-refractivity contribution < 1.29 is 4.79 Å². The fourth-order valence-electron chi connectivity index (χ4n) is 1.79. The molecule has 4 nitrogen and oxygen atoms in total. The number of anilines is 1. The molecule has 2 heterocycles. The number of halogens is 1. The number of amides is 1. The standard InChI is InChI=1S/C11H14ClN3O/c1-8-11(12)9(2-4-13-8)15-6-3-10(16)14-5-7-15/h2,4H,3,5-7H2,1H3,(H,14,16). The van der Waals surface area contributed by atoms with Crippen molar-refractivity contribution in [1.29, 1.82) is 0 Å². The van der Waals surface area contributed by atoms with Crippen LogP contribution in [0.4, 0.5) is 5.69 Å². The molecular weight excluding hydrogens is 226 g/mol. The van der Waals surface area contributed by atoms with Crippen molar-refractivity contribution in [1.82, 2.24) is 10.3 Å². The zero-order valence-corrected chi connectivity index (χ0v) is 9.92. The lowest BCUT2D eigenvalue weighted by Crippen LogP contribution is -2.28. The summed E-state index contributed by atoms with van der Waals surface area (Å²) in [6.07, 6.45) is 2.26. The van der Waals surface area contributed by atoms with Crippen LogP contribution >= 0.6 is 11.6 Å².